The van der Waals surface area contributed by atoms with Crippen LogP contribution in [0.2, 0.25) is 0 Å². The number of hydrogen-bond acceptors (Lipinski definition) is 3. The number of sulfonamides is 1. The maximum atomic E-state index is 13.4. The predicted octanol–water partition coefficient (Wildman–Crippen LogP) is 5.11. The van der Waals surface area contributed by atoms with Crippen molar-refractivity contribution in [2.45, 2.75) is 12.1 Å². The number of fused-ring (bicyclic) bond motifs is 2. The van der Waals surface area contributed by atoms with Crippen molar-refractivity contribution in [3.63, 3.8) is 0 Å². The molecule has 4 nitrogen and oxygen atoms in total. The van der Waals surface area contributed by atoms with E-state index in [2.05, 4.69) is 4.99 Å². The number of rotatable bonds is 4. The smallest absolute Gasteiger partial charge is 0.176 e. The average Bonchev–Trinajstić information content (AvgIpc) is 3.21. The van der Waals surface area contributed by atoms with Crippen LogP contribution in [-0.4, -0.2) is 21.1 Å². The Morgan fingerprint density at radius 3 is 2.63 bits per heavy atom. The molecule has 0 bridgehead atoms. The van der Waals surface area contributed by atoms with Gasteiger partial charge in [0.15, 0.2) is 10.4 Å². The van der Waals surface area contributed by atoms with Crippen molar-refractivity contribution < 1.29 is 8.76 Å². The van der Waals surface area contributed by atoms with Crippen LogP contribution in [0.4, 0.5) is 0 Å². The summed E-state index contributed by atoms with van der Waals surface area (Å²) >= 11 is 0. The molecule has 0 saturated carbocycles. The minimum absolute atomic E-state index is 0.0486. The summed E-state index contributed by atoms with van der Waals surface area (Å²) in [4.78, 5) is 4.60. The van der Waals surface area contributed by atoms with Crippen LogP contribution in [0.3, 0.4) is 0 Å². The highest BCUT2D eigenvalue weighted by Crippen LogP contribution is 2.42. The average molecular weight is 413 g/mol. The minimum Gasteiger partial charge on any atom is -0.589 e. The van der Waals surface area contributed by atoms with Crippen molar-refractivity contribution in [2.75, 3.05) is 0 Å². The van der Waals surface area contributed by atoms with Gasteiger partial charge in [-0.15, -0.1) is 0 Å². The molecule has 148 valence electrons. The molecule has 2 aliphatic heterocycles. The molecular weight excluding hydrogens is 392 g/mol. The first-order chi connectivity index (χ1) is 14.6. The Hall–Kier alpha value is -3.28. The molecule has 3 aliphatic rings. The van der Waals surface area contributed by atoms with Gasteiger partial charge in [-0.25, -0.2) is 0 Å². The van der Waals surface area contributed by atoms with Crippen LogP contribution >= 0.6 is 0 Å². The summed E-state index contributed by atoms with van der Waals surface area (Å²) in [6.45, 7) is 0. The SMILES string of the molecule is O=[S+]([O-])(/C=C/c1ccccc1)N1C=Cc2ccccc2C1C1=C2C=CC=CC2N=C1. The Morgan fingerprint density at radius 2 is 1.77 bits per heavy atom. The highest BCUT2D eigenvalue weighted by atomic mass is 32.3. The van der Waals surface area contributed by atoms with Gasteiger partial charge in [-0.3, -0.25) is 4.99 Å². The van der Waals surface area contributed by atoms with E-state index in [0.29, 0.717) is 0 Å². The highest BCUT2D eigenvalue weighted by molar-refractivity contribution is 7.98. The van der Waals surface area contributed by atoms with Crippen LogP contribution in [-0.2, 0) is 14.6 Å². The van der Waals surface area contributed by atoms with Gasteiger partial charge in [0.1, 0.15) is 11.4 Å². The van der Waals surface area contributed by atoms with Gasteiger partial charge in [0.25, 0.3) is 0 Å². The van der Waals surface area contributed by atoms with Gasteiger partial charge in [0.05, 0.1) is 12.2 Å². The summed E-state index contributed by atoms with van der Waals surface area (Å²) in [6.07, 6.45) is 15.0. The van der Waals surface area contributed by atoms with Gasteiger partial charge in [-0.2, -0.15) is 4.31 Å². The fourth-order valence-electron chi connectivity index (χ4n) is 4.02. The first kappa shape index (κ1) is 18.7. The van der Waals surface area contributed by atoms with E-state index in [1.54, 1.807) is 12.3 Å². The van der Waals surface area contributed by atoms with Crippen LogP contribution in [0.1, 0.15) is 22.7 Å². The molecule has 0 aromatic heterocycles. The Bertz CT molecular complexity index is 1200. The van der Waals surface area contributed by atoms with Crippen molar-refractivity contribution in [1.82, 2.24) is 4.31 Å². The third-order valence-corrected chi connectivity index (χ3v) is 6.87. The number of benzene rings is 2. The van der Waals surface area contributed by atoms with Gasteiger partial charge in [-0.05, 0) is 34.4 Å². The molecule has 30 heavy (non-hydrogen) atoms. The summed E-state index contributed by atoms with van der Waals surface area (Å²) in [7, 11) is -3.72. The lowest BCUT2D eigenvalue weighted by molar-refractivity contribution is 0.388. The summed E-state index contributed by atoms with van der Waals surface area (Å²) in [6, 6.07) is 16.8. The molecule has 0 radical (unpaired) electrons. The zero-order chi connectivity index (χ0) is 20.6. The van der Waals surface area contributed by atoms with Crippen LogP contribution in [0.25, 0.3) is 12.2 Å². The summed E-state index contributed by atoms with van der Waals surface area (Å²) < 4.78 is 28.2. The summed E-state index contributed by atoms with van der Waals surface area (Å²) in [5.74, 6) is 0. The lowest BCUT2D eigenvalue weighted by atomic mass is 9.88. The Balaban J connectivity index is 1.60. The number of allylic oxidation sites excluding steroid dienone is 2. The van der Waals surface area contributed by atoms with Gasteiger partial charge in [-0.1, -0.05) is 83.1 Å². The topological polar surface area (TPSA) is 55.7 Å². The summed E-state index contributed by atoms with van der Waals surface area (Å²) in [5.41, 5.74) is 4.76. The Morgan fingerprint density at radius 1 is 0.967 bits per heavy atom. The fraction of sp³-hybridized carbons (Fsp3) is 0.0800. The highest BCUT2D eigenvalue weighted by Gasteiger charge is 2.39. The van der Waals surface area contributed by atoms with Crippen molar-refractivity contribution in [3.8, 4) is 0 Å². The van der Waals surface area contributed by atoms with Crippen molar-refractivity contribution in [3.05, 3.63) is 118 Å². The van der Waals surface area contributed by atoms with E-state index in [-0.39, 0.29) is 6.04 Å². The van der Waals surface area contributed by atoms with E-state index in [0.717, 1.165) is 27.8 Å². The molecule has 1 aliphatic carbocycles. The van der Waals surface area contributed by atoms with Crippen molar-refractivity contribution in [1.29, 1.82) is 0 Å². The largest absolute Gasteiger partial charge is 0.589 e. The summed E-state index contributed by atoms with van der Waals surface area (Å²) in [5, 5.41) is 1.28. The first-order valence-corrected chi connectivity index (χ1v) is 11.3. The molecular formula is C25H20N2O2S. The lowest BCUT2D eigenvalue weighted by Gasteiger charge is -2.35. The van der Waals surface area contributed by atoms with Gasteiger partial charge in [0.2, 0.25) is 0 Å². The normalized spacial score (nSPS) is 23.7. The van der Waals surface area contributed by atoms with E-state index < -0.39 is 16.4 Å². The third kappa shape index (κ3) is 3.32. The van der Waals surface area contributed by atoms with E-state index in [9.17, 15) is 8.76 Å². The van der Waals surface area contributed by atoms with E-state index >= 15 is 0 Å². The molecule has 2 aromatic rings. The van der Waals surface area contributed by atoms with E-state index in [1.165, 1.54) is 9.71 Å². The Kier molecular flexibility index (Phi) is 4.69. The second kappa shape index (κ2) is 7.52. The first-order valence-electron chi connectivity index (χ1n) is 9.79. The van der Waals surface area contributed by atoms with Crippen LogP contribution < -0.4 is 0 Å². The monoisotopic (exact) mass is 412 g/mol. The second-order valence-corrected chi connectivity index (χ2v) is 9.04. The molecule has 0 spiro atoms. The van der Waals surface area contributed by atoms with Gasteiger partial charge >= 0.3 is 0 Å². The molecule has 3 unspecified atom stereocenters. The molecule has 3 atom stereocenters. The van der Waals surface area contributed by atoms with E-state index in [4.69, 9.17) is 0 Å². The third-order valence-electron chi connectivity index (χ3n) is 5.47. The van der Waals surface area contributed by atoms with Crippen LogP contribution in [0.15, 0.2) is 107 Å². The van der Waals surface area contributed by atoms with Crippen LogP contribution in [0.5, 0.6) is 0 Å². The number of hydrogen-bond donors (Lipinski definition) is 0. The second-order valence-electron chi connectivity index (χ2n) is 7.31. The minimum atomic E-state index is -3.72. The fourth-order valence-corrected chi connectivity index (χ4v) is 5.24. The molecule has 2 aromatic carbocycles. The number of aliphatic imine (C=N–C) groups is 1. The molecule has 0 amide bonds. The molecule has 0 N–H and O–H groups in total. The van der Waals surface area contributed by atoms with Crippen molar-refractivity contribution in [2.24, 2.45) is 4.99 Å². The molecule has 5 rings (SSSR count). The molecule has 0 saturated heterocycles. The van der Waals surface area contributed by atoms with E-state index in [1.807, 2.05) is 91.2 Å². The molecule has 5 heteroatoms. The lowest BCUT2D eigenvalue weighted by Crippen LogP contribution is -2.37. The maximum absolute atomic E-state index is 13.4. The molecule has 0 fully saturated rings. The van der Waals surface area contributed by atoms with Gasteiger partial charge < -0.3 is 4.55 Å². The van der Waals surface area contributed by atoms with Crippen molar-refractivity contribution >= 4 is 28.8 Å². The van der Waals surface area contributed by atoms with Gasteiger partial charge in [0, 0.05) is 11.8 Å². The molecule has 2 heterocycles. The number of nitrogens with zero attached hydrogens (tertiary/aromatic N) is 2. The predicted molar refractivity (Wildman–Crippen MR) is 122 cm³/mol. The zero-order valence-corrected chi connectivity index (χ0v) is 17.0. The van der Waals surface area contributed by atoms with Crippen LogP contribution in [0, 0.1) is 0 Å². The Labute approximate surface area is 177 Å². The zero-order valence-electron chi connectivity index (χ0n) is 16.2. The standard InChI is InChI=1S/C25H20N2O2S/c28-30(29,17-15-19-8-2-1-3-9-19)27-16-14-20-10-4-5-11-21(20)25(27)23-18-26-24-13-7-6-12-22(23)24/h1-18,24-25H/b17-15+. The maximum Gasteiger partial charge on any atom is 0.176 e. The quantitative estimate of drug-likeness (QED) is 0.656.